The number of pyridine rings is 1. The number of primary amides is 1. The van der Waals surface area contributed by atoms with Crippen molar-refractivity contribution in [1.29, 1.82) is 0 Å². The van der Waals surface area contributed by atoms with E-state index in [0.717, 1.165) is 15.8 Å². The SMILES string of the molecule is Cc1c(C2=C(F)C[C@H](C(N)=O)c3[nH]c4c(c32)CC[C@H](C(C)(C)O)C4)cccc1-n1c(=O)cc2c(Cl)cccn2c1=O. The van der Waals surface area contributed by atoms with Gasteiger partial charge in [0.2, 0.25) is 5.91 Å². The Morgan fingerprint density at radius 1 is 1.20 bits per heavy atom. The van der Waals surface area contributed by atoms with Crippen LogP contribution in [-0.4, -0.2) is 30.6 Å². The smallest absolute Gasteiger partial charge is 0.340 e. The summed E-state index contributed by atoms with van der Waals surface area (Å²) in [5, 5.41) is 10.9. The van der Waals surface area contributed by atoms with E-state index in [0.29, 0.717) is 58.4 Å². The number of aromatic nitrogens is 3. The van der Waals surface area contributed by atoms with Crippen LogP contribution in [0, 0.1) is 12.8 Å². The van der Waals surface area contributed by atoms with E-state index in [9.17, 15) is 19.5 Å². The third-order valence-electron chi connectivity index (χ3n) is 8.69. The summed E-state index contributed by atoms with van der Waals surface area (Å²) in [4.78, 5) is 42.5. The molecule has 212 valence electrons. The highest BCUT2D eigenvalue weighted by Gasteiger charge is 2.40. The van der Waals surface area contributed by atoms with E-state index in [-0.39, 0.29) is 17.4 Å². The Kier molecular flexibility index (Phi) is 6.35. The molecule has 0 radical (unpaired) electrons. The fraction of sp³-hybridized carbons (Fsp3) is 0.323. The summed E-state index contributed by atoms with van der Waals surface area (Å²) >= 11 is 6.23. The Bertz CT molecular complexity index is 1910. The lowest BCUT2D eigenvalue weighted by Crippen LogP contribution is -2.36. The van der Waals surface area contributed by atoms with Crippen molar-refractivity contribution in [1.82, 2.24) is 14.0 Å². The zero-order chi connectivity index (χ0) is 29.4. The number of fused-ring (bicyclic) bond motifs is 4. The molecule has 1 amide bonds. The maximum atomic E-state index is 16.1. The van der Waals surface area contributed by atoms with Gasteiger partial charge in [0.25, 0.3) is 5.56 Å². The predicted octanol–water partition coefficient (Wildman–Crippen LogP) is 4.32. The van der Waals surface area contributed by atoms with Crippen molar-refractivity contribution in [3.05, 3.63) is 108 Å². The van der Waals surface area contributed by atoms with Gasteiger partial charge in [-0.1, -0.05) is 23.7 Å². The molecule has 41 heavy (non-hydrogen) atoms. The predicted molar refractivity (Wildman–Crippen MR) is 155 cm³/mol. The summed E-state index contributed by atoms with van der Waals surface area (Å²) in [6.45, 7) is 5.30. The molecular formula is C31H30ClFN4O4. The molecule has 10 heteroatoms. The van der Waals surface area contributed by atoms with E-state index in [2.05, 4.69) is 4.98 Å². The van der Waals surface area contributed by atoms with Gasteiger partial charge in [0.15, 0.2) is 0 Å². The highest BCUT2D eigenvalue weighted by molar-refractivity contribution is 6.33. The Morgan fingerprint density at radius 2 is 1.95 bits per heavy atom. The van der Waals surface area contributed by atoms with Gasteiger partial charge in [-0.15, -0.1) is 0 Å². The number of nitrogens with zero attached hydrogens (tertiary/aromatic N) is 2. The fourth-order valence-corrected chi connectivity index (χ4v) is 6.68. The molecule has 6 rings (SSSR count). The van der Waals surface area contributed by atoms with Crippen molar-refractivity contribution < 1.29 is 14.3 Å². The molecule has 0 fully saturated rings. The summed E-state index contributed by atoms with van der Waals surface area (Å²) in [5.41, 5.74) is 8.59. The first-order valence-corrected chi connectivity index (χ1v) is 13.9. The minimum atomic E-state index is -0.896. The molecule has 3 heterocycles. The first-order valence-electron chi connectivity index (χ1n) is 13.6. The van der Waals surface area contributed by atoms with Crippen molar-refractivity contribution in [2.75, 3.05) is 0 Å². The lowest BCUT2D eigenvalue weighted by Gasteiger charge is -2.33. The number of nitrogens with one attached hydrogen (secondary N) is 1. The number of H-pyrrole nitrogens is 1. The first-order chi connectivity index (χ1) is 19.4. The standard InChI is InChI=1S/C31H30ClFN4O4/c1-15-17(6-4-8-23(15)37-25(38)14-24-20(32)7-5-11-36(24)30(37)40)26-21(33)13-19(29(34)39)28-27(26)18-10-9-16(31(2,3)41)12-22(18)35-28/h4-8,11,14,16,19,35,41H,9-10,12-13H2,1-3H3,(H2,34,39)/t16-,19-/m0/s1. The number of halogens is 2. The van der Waals surface area contributed by atoms with E-state index >= 15 is 4.39 Å². The number of benzene rings is 1. The Hall–Kier alpha value is -3.95. The Balaban J connectivity index is 1.56. The number of aromatic amines is 1. The molecule has 3 aromatic heterocycles. The van der Waals surface area contributed by atoms with E-state index in [1.54, 1.807) is 51.1 Å². The lowest BCUT2D eigenvalue weighted by molar-refractivity contribution is -0.119. The second-order valence-corrected chi connectivity index (χ2v) is 12.0. The molecule has 0 spiro atoms. The topological polar surface area (TPSA) is 123 Å². The van der Waals surface area contributed by atoms with Gasteiger partial charge in [0, 0.05) is 41.2 Å². The quantitative estimate of drug-likeness (QED) is 0.335. The van der Waals surface area contributed by atoms with Crippen LogP contribution in [0.25, 0.3) is 16.8 Å². The highest BCUT2D eigenvalue weighted by Crippen LogP contribution is 2.48. The fourth-order valence-electron chi connectivity index (χ4n) is 6.47. The molecule has 0 saturated heterocycles. The second-order valence-electron chi connectivity index (χ2n) is 11.6. The highest BCUT2D eigenvalue weighted by atomic mass is 35.5. The zero-order valence-electron chi connectivity index (χ0n) is 22.9. The molecule has 1 aromatic carbocycles. The van der Waals surface area contributed by atoms with Gasteiger partial charge in [0.1, 0.15) is 5.83 Å². The van der Waals surface area contributed by atoms with Crippen molar-refractivity contribution in [2.45, 2.75) is 58.0 Å². The van der Waals surface area contributed by atoms with Crippen LogP contribution in [0.15, 0.2) is 58.0 Å². The second kappa shape index (κ2) is 9.56. The number of rotatable bonds is 4. The van der Waals surface area contributed by atoms with E-state index in [4.69, 9.17) is 17.3 Å². The van der Waals surface area contributed by atoms with Crippen molar-refractivity contribution in [2.24, 2.45) is 11.7 Å². The molecule has 2 aliphatic carbocycles. The number of carbonyl (C=O) groups is 1. The molecule has 4 aromatic rings. The summed E-state index contributed by atoms with van der Waals surface area (Å²) in [7, 11) is 0. The van der Waals surface area contributed by atoms with Gasteiger partial charge in [-0.2, -0.15) is 0 Å². The van der Waals surface area contributed by atoms with E-state index in [1.807, 2.05) is 0 Å². The number of aliphatic hydroxyl groups is 1. The van der Waals surface area contributed by atoms with Gasteiger partial charge in [-0.3, -0.25) is 14.0 Å². The number of amides is 1. The number of hydrogen-bond donors (Lipinski definition) is 3. The number of carbonyl (C=O) groups excluding carboxylic acids is 1. The summed E-state index contributed by atoms with van der Waals surface area (Å²) in [5.74, 6) is -1.98. The third kappa shape index (κ3) is 4.26. The van der Waals surface area contributed by atoms with Crippen LogP contribution in [-0.2, 0) is 17.6 Å². The van der Waals surface area contributed by atoms with Crippen LogP contribution < -0.4 is 17.0 Å². The van der Waals surface area contributed by atoms with E-state index < -0.39 is 34.5 Å². The van der Waals surface area contributed by atoms with Crippen molar-refractivity contribution >= 4 is 28.6 Å². The molecular weight excluding hydrogens is 547 g/mol. The molecule has 8 nitrogen and oxygen atoms in total. The van der Waals surface area contributed by atoms with Crippen LogP contribution in [0.5, 0.6) is 0 Å². The van der Waals surface area contributed by atoms with Gasteiger partial charge in [-0.05, 0) is 80.8 Å². The summed E-state index contributed by atoms with van der Waals surface area (Å²) < 4.78 is 18.5. The average molecular weight is 577 g/mol. The summed E-state index contributed by atoms with van der Waals surface area (Å²) in [6, 6.07) is 9.60. The maximum Gasteiger partial charge on any atom is 0.340 e. The van der Waals surface area contributed by atoms with Gasteiger partial charge < -0.3 is 15.8 Å². The Labute approximate surface area is 239 Å². The molecule has 0 bridgehead atoms. The zero-order valence-corrected chi connectivity index (χ0v) is 23.7. The minimum absolute atomic E-state index is 0.00858. The first kappa shape index (κ1) is 27.2. The molecule has 0 unspecified atom stereocenters. The van der Waals surface area contributed by atoms with Gasteiger partial charge in [0.05, 0.1) is 27.7 Å². The molecule has 2 aliphatic rings. The third-order valence-corrected chi connectivity index (χ3v) is 9.00. The number of nitrogens with two attached hydrogens (primary N) is 1. The number of hydrogen-bond acceptors (Lipinski definition) is 4. The Morgan fingerprint density at radius 3 is 2.66 bits per heavy atom. The molecule has 4 N–H and O–H groups in total. The molecule has 2 atom stereocenters. The van der Waals surface area contributed by atoms with Crippen LogP contribution in [0.2, 0.25) is 5.02 Å². The normalized spacial score (nSPS) is 18.9. The van der Waals surface area contributed by atoms with Crippen LogP contribution in [0.1, 0.15) is 66.2 Å². The lowest BCUT2D eigenvalue weighted by atomic mass is 9.75. The monoisotopic (exact) mass is 576 g/mol. The van der Waals surface area contributed by atoms with Crippen LogP contribution in [0.3, 0.4) is 0 Å². The van der Waals surface area contributed by atoms with Crippen LogP contribution in [0.4, 0.5) is 4.39 Å². The average Bonchev–Trinajstić information content (AvgIpc) is 3.28. The largest absolute Gasteiger partial charge is 0.390 e. The number of allylic oxidation sites excluding steroid dienone is 1. The van der Waals surface area contributed by atoms with E-state index in [1.165, 1.54) is 16.7 Å². The molecule has 0 aliphatic heterocycles. The minimum Gasteiger partial charge on any atom is -0.390 e. The van der Waals surface area contributed by atoms with Crippen molar-refractivity contribution in [3.63, 3.8) is 0 Å². The van der Waals surface area contributed by atoms with Gasteiger partial charge in [-0.25, -0.2) is 13.8 Å². The summed E-state index contributed by atoms with van der Waals surface area (Å²) in [6.07, 6.45) is 3.17. The van der Waals surface area contributed by atoms with Crippen LogP contribution >= 0.6 is 11.6 Å². The van der Waals surface area contributed by atoms with Crippen molar-refractivity contribution in [3.8, 4) is 5.69 Å². The van der Waals surface area contributed by atoms with Gasteiger partial charge >= 0.3 is 5.69 Å². The molecule has 0 saturated carbocycles. The maximum absolute atomic E-state index is 16.1.